The molecule has 2 aromatic rings. The van der Waals surface area contributed by atoms with Crippen LogP contribution in [0.4, 0.5) is 0 Å². The standard InChI is InChI=1S/C18H22N2O2.ClH/c21-18(20-15-10-11-19-13-15)9-4-12-22-17-8-3-6-14-5-1-2-7-16(14)17;/h1-3,5-8,15,19H,4,9-13H2,(H,20,21);1H. The van der Waals surface area contributed by atoms with Crippen molar-refractivity contribution in [2.75, 3.05) is 19.7 Å². The zero-order valence-electron chi connectivity index (χ0n) is 13.1. The first kappa shape index (κ1) is 17.6. The van der Waals surface area contributed by atoms with E-state index in [9.17, 15) is 4.79 Å². The van der Waals surface area contributed by atoms with Gasteiger partial charge in [-0.2, -0.15) is 0 Å². The lowest BCUT2D eigenvalue weighted by Gasteiger charge is -2.12. The zero-order chi connectivity index (χ0) is 15.2. The highest BCUT2D eigenvalue weighted by Gasteiger charge is 2.16. The highest BCUT2D eigenvalue weighted by atomic mass is 35.5. The van der Waals surface area contributed by atoms with E-state index in [4.69, 9.17) is 4.74 Å². The maximum absolute atomic E-state index is 11.8. The second-order valence-corrected chi connectivity index (χ2v) is 5.69. The summed E-state index contributed by atoms with van der Waals surface area (Å²) in [7, 11) is 0. The molecule has 1 unspecified atom stereocenters. The fourth-order valence-electron chi connectivity index (χ4n) is 2.81. The van der Waals surface area contributed by atoms with Crippen LogP contribution in [0.3, 0.4) is 0 Å². The van der Waals surface area contributed by atoms with Crippen LogP contribution in [0, 0.1) is 0 Å². The van der Waals surface area contributed by atoms with Crippen molar-refractivity contribution in [2.24, 2.45) is 0 Å². The van der Waals surface area contributed by atoms with E-state index in [1.54, 1.807) is 0 Å². The highest BCUT2D eigenvalue weighted by Crippen LogP contribution is 2.25. The van der Waals surface area contributed by atoms with Crippen LogP contribution < -0.4 is 15.4 Å². The molecule has 0 bridgehead atoms. The van der Waals surface area contributed by atoms with Gasteiger partial charge in [-0.1, -0.05) is 36.4 Å². The van der Waals surface area contributed by atoms with Crippen LogP contribution in [0.2, 0.25) is 0 Å². The number of amides is 1. The summed E-state index contributed by atoms with van der Waals surface area (Å²) in [5.74, 6) is 1.01. The Bertz CT molecular complexity index is 636. The van der Waals surface area contributed by atoms with Gasteiger partial charge in [0.2, 0.25) is 5.91 Å². The molecule has 0 radical (unpaired) electrons. The molecule has 0 spiro atoms. The molecule has 23 heavy (non-hydrogen) atoms. The van der Waals surface area contributed by atoms with E-state index >= 15 is 0 Å². The number of carbonyl (C=O) groups is 1. The van der Waals surface area contributed by atoms with Gasteiger partial charge in [0.15, 0.2) is 0 Å². The minimum atomic E-state index is 0. The van der Waals surface area contributed by atoms with Gasteiger partial charge in [-0.3, -0.25) is 4.79 Å². The number of rotatable bonds is 6. The van der Waals surface area contributed by atoms with E-state index < -0.39 is 0 Å². The molecule has 2 N–H and O–H groups in total. The summed E-state index contributed by atoms with van der Waals surface area (Å²) >= 11 is 0. The van der Waals surface area contributed by atoms with Crippen LogP contribution in [0.15, 0.2) is 42.5 Å². The summed E-state index contributed by atoms with van der Waals surface area (Å²) in [5, 5.41) is 8.58. The summed E-state index contributed by atoms with van der Waals surface area (Å²) in [6.07, 6.45) is 2.27. The Kier molecular flexibility index (Phi) is 6.68. The van der Waals surface area contributed by atoms with Crippen LogP contribution in [-0.4, -0.2) is 31.6 Å². The lowest BCUT2D eigenvalue weighted by molar-refractivity contribution is -0.121. The Hall–Kier alpha value is -1.78. The predicted molar refractivity (Wildman–Crippen MR) is 95.3 cm³/mol. The van der Waals surface area contributed by atoms with E-state index in [1.165, 1.54) is 5.39 Å². The van der Waals surface area contributed by atoms with Crippen molar-refractivity contribution in [2.45, 2.75) is 25.3 Å². The molecule has 1 atom stereocenters. The van der Waals surface area contributed by atoms with Gasteiger partial charge in [0.05, 0.1) is 6.61 Å². The molecule has 0 aromatic heterocycles. The summed E-state index contributed by atoms with van der Waals surface area (Å²) in [4.78, 5) is 11.8. The minimum absolute atomic E-state index is 0. The molecule has 1 heterocycles. The fraction of sp³-hybridized carbons (Fsp3) is 0.389. The Balaban J connectivity index is 0.00000192. The van der Waals surface area contributed by atoms with Crippen LogP contribution in [0.25, 0.3) is 10.8 Å². The van der Waals surface area contributed by atoms with Crippen molar-refractivity contribution in [1.82, 2.24) is 10.6 Å². The van der Waals surface area contributed by atoms with Crippen molar-refractivity contribution in [1.29, 1.82) is 0 Å². The molecule has 4 nitrogen and oxygen atoms in total. The Morgan fingerprint density at radius 3 is 2.87 bits per heavy atom. The lowest BCUT2D eigenvalue weighted by Crippen LogP contribution is -2.36. The normalized spacial score (nSPS) is 16.8. The molecule has 2 aromatic carbocycles. The first-order valence-electron chi connectivity index (χ1n) is 7.93. The van der Waals surface area contributed by atoms with Gasteiger partial charge in [-0.15, -0.1) is 12.4 Å². The maximum Gasteiger partial charge on any atom is 0.220 e. The molecule has 1 saturated heterocycles. The van der Waals surface area contributed by atoms with Crippen LogP contribution in [0.5, 0.6) is 5.75 Å². The zero-order valence-corrected chi connectivity index (χ0v) is 13.9. The average Bonchev–Trinajstić information content (AvgIpc) is 3.04. The molecule has 3 rings (SSSR count). The SMILES string of the molecule is Cl.O=C(CCCOc1cccc2ccccc12)NC1CCNC1. The number of benzene rings is 2. The van der Waals surface area contributed by atoms with Gasteiger partial charge in [-0.05, 0) is 30.8 Å². The van der Waals surface area contributed by atoms with Crippen LogP contribution >= 0.6 is 12.4 Å². The van der Waals surface area contributed by atoms with Crippen molar-refractivity contribution < 1.29 is 9.53 Å². The summed E-state index contributed by atoms with van der Waals surface area (Å²) in [6.45, 7) is 2.44. The second kappa shape index (κ2) is 8.75. The highest BCUT2D eigenvalue weighted by molar-refractivity contribution is 5.88. The Morgan fingerprint density at radius 2 is 2.04 bits per heavy atom. The topological polar surface area (TPSA) is 50.4 Å². The maximum atomic E-state index is 11.8. The largest absolute Gasteiger partial charge is 0.493 e. The number of ether oxygens (including phenoxy) is 1. The number of halogens is 1. The smallest absolute Gasteiger partial charge is 0.220 e. The van der Waals surface area contributed by atoms with E-state index in [1.807, 2.05) is 24.3 Å². The predicted octanol–water partition coefficient (Wildman–Crippen LogP) is 2.90. The van der Waals surface area contributed by atoms with Gasteiger partial charge >= 0.3 is 0 Å². The van der Waals surface area contributed by atoms with E-state index in [0.717, 1.165) is 37.1 Å². The second-order valence-electron chi connectivity index (χ2n) is 5.69. The molecule has 1 aliphatic rings. The molecule has 0 saturated carbocycles. The molecule has 0 aliphatic carbocycles. The number of carbonyl (C=O) groups excluding carboxylic acids is 1. The average molecular weight is 335 g/mol. The first-order chi connectivity index (χ1) is 10.8. The van der Waals surface area contributed by atoms with Crippen molar-refractivity contribution >= 4 is 29.1 Å². The van der Waals surface area contributed by atoms with Gasteiger partial charge in [-0.25, -0.2) is 0 Å². The third-order valence-electron chi connectivity index (χ3n) is 3.98. The quantitative estimate of drug-likeness (QED) is 0.799. The van der Waals surface area contributed by atoms with Gasteiger partial charge in [0.25, 0.3) is 0 Å². The number of hydrogen-bond donors (Lipinski definition) is 2. The Labute approximate surface area is 143 Å². The van der Waals surface area contributed by atoms with Crippen molar-refractivity contribution in [3.8, 4) is 5.75 Å². The van der Waals surface area contributed by atoms with E-state index in [0.29, 0.717) is 19.1 Å². The lowest BCUT2D eigenvalue weighted by atomic mass is 10.1. The fourth-order valence-corrected chi connectivity index (χ4v) is 2.81. The summed E-state index contributed by atoms with van der Waals surface area (Å²) < 4.78 is 5.85. The summed E-state index contributed by atoms with van der Waals surface area (Å²) in [5.41, 5.74) is 0. The first-order valence-corrected chi connectivity index (χ1v) is 7.93. The molecule has 1 aliphatic heterocycles. The van der Waals surface area contributed by atoms with Crippen molar-refractivity contribution in [3.05, 3.63) is 42.5 Å². The van der Waals surface area contributed by atoms with Gasteiger partial charge in [0.1, 0.15) is 5.75 Å². The van der Waals surface area contributed by atoms with E-state index in [2.05, 4.69) is 28.8 Å². The van der Waals surface area contributed by atoms with Crippen molar-refractivity contribution in [3.63, 3.8) is 0 Å². The molecular weight excluding hydrogens is 312 g/mol. The third kappa shape index (κ3) is 4.85. The molecule has 1 amide bonds. The monoisotopic (exact) mass is 334 g/mol. The van der Waals surface area contributed by atoms with Gasteiger partial charge in [0, 0.05) is 24.4 Å². The molecule has 124 valence electrons. The summed E-state index contributed by atoms with van der Waals surface area (Å²) in [6, 6.07) is 14.5. The molecule has 1 fully saturated rings. The number of nitrogens with one attached hydrogen (secondary N) is 2. The van der Waals surface area contributed by atoms with Gasteiger partial charge < -0.3 is 15.4 Å². The molecule has 5 heteroatoms. The number of hydrogen-bond acceptors (Lipinski definition) is 3. The number of fused-ring (bicyclic) bond motifs is 1. The van der Waals surface area contributed by atoms with E-state index in [-0.39, 0.29) is 18.3 Å². The minimum Gasteiger partial charge on any atom is -0.493 e. The van der Waals surface area contributed by atoms with Crippen LogP contribution in [-0.2, 0) is 4.79 Å². The third-order valence-corrected chi connectivity index (χ3v) is 3.98. The van der Waals surface area contributed by atoms with Crippen LogP contribution in [0.1, 0.15) is 19.3 Å². The Morgan fingerprint density at radius 1 is 1.22 bits per heavy atom. The molecular formula is C18H23ClN2O2.